The monoisotopic (exact) mass is 410 g/mol. The molecule has 1 amide bonds. The molecule has 0 aliphatic rings. The minimum atomic E-state index is -0.452. The molecule has 0 spiro atoms. The summed E-state index contributed by atoms with van der Waals surface area (Å²) in [5.41, 5.74) is 1.63. The van der Waals surface area contributed by atoms with Crippen LogP contribution in [0, 0.1) is 11.3 Å². The fourth-order valence-corrected chi connectivity index (χ4v) is 3.23. The fourth-order valence-electron chi connectivity index (χ4n) is 2.65. The Morgan fingerprint density at radius 3 is 2.43 bits per heavy atom. The lowest BCUT2D eigenvalue weighted by Crippen LogP contribution is -2.26. The molecule has 4 nitrogen and oxygen atoms in total. The average molecular weight is 411 g/mol. The first-order valence-corrected chi connectivity index (χ1v) is 9.32. The maximum Gasteiger partial charge on any atom is 0.262 e. The smallest absolute Gasteiger partial charge is 0.262 e. The summed E-state index contributed by atoms with van der Waals surface area (Å²) in [6.07, 6.45) is 2.08. The van der Waals surface area contributed by atoms with E-state index in [4.69, 9.17) is 27.6 Å². The van der Waals surface area contributed by atoms with Crippen LogP contribution in [0.25, 0.3) is 17.4 Å². The first-order chi connectivity index (χ1) is 13.6. The van der Waals surface area contributed by atoms with Crippen molar-refractivity contribution in [2.75, 3.05) is 6.54 Å². The van der Waals surface area contributed by atoms with E-state index in [9.17, 15) is 10.1 Å². The summed E-state index contributed by atoms with van der Waals surface area (Å²) in [5, 5.41) is 13.0. The zero-order valence-corrected chi connectivity index (χ0v) is 16.3. The van der Waals surface area contributed by atoms with E-state index in [1.54, 1.807) is 30.3 Å². The highest BCUT2D eigenvalue weighted by Crippen LogP contribution is 2.35. The summed E-state index contributed by atoms with van der Waals surface area (Å²) in [6.45, 7) is 0.431. The molecule has 0 unspecified atom stereocenters. The molecule has 1 aromatic heterocycles. The van der Waals surface area contributed by atoms with E-state index in [2.05, 4.69) is 5.32 Å². The molecule has 0 fully saturated rings. The quantitative estimate of drug-likeness (QED) is 0.429. The molecule has 140 valence electrons. The second-order valence-electron chi connectivity index (χ2n) is 5.96. The zero-order valence-electron chi connectivity index (χ0n) is 14.8. The van der Waals surface area contributed by atoms with Gasteiger partial charge in [0.25, 0.3) is 5.91 Å². The molecule has 0 atom stereocenters. The third-order valence-electron chi connectivity index (χ3n) is 4.03. The molecule has 0 aliphatic carbocycles. The summed E-state index contributed by atoms with van der Waals surface area (Å²) >= 11 is 12.4. The molecule has 3 aromatic rings. The minimum Gasteiger partial charge on any atom is -0.457 e. The van der Waals surface area contributed by atoms with Gasteiger partial charge in [0.1, 0.15) is 23.2 Å². The lowest BCUT2D eigenvalue weighted by Gasteiger charge is -2.04. The van der Waals surface area contributed by atoms with Crippen LogP contribution in [0.15, 0.2) is 70.7 Å². The van der Waals surface area contributed by atoms with E-state index in [-0.39, 0.29) is 5.57 Å². The molecule has 1 heterocycles. The number of rotatable bonds is 6. The molecule has 28 heavy (non-hydrogen) atoms. The van der Waals surface area contributed by atoms with Crippen LogP contribution >= 0.6 is 23.2 Å². The van der Waals surface area contributed by atoms with Crippen molar-refractivity contribution < 1.29 is 9.21 Å². The summed E-state index contributed by atoms with van der Waals surface area (Å²) in [6, 6.07) is 20.2. The highest BCUT2D eigenvalue weighted by molar-refractivity contribution is 6.39. The van der Waals surface area contributed by atoms with Crippen molar-refractivity contribution in [1.82, 2.24) is 5.32 Å². The molecule has 6 heteroatoms. The third kappa shape index (κ3) is 4.83. The van der Waals surface area contributed by atoms with Crippen LogP contribution in [0.1, 0.15) is 11.3 Å². The van der Waals surface area contributed by atoms with Crippen LogP contribution < -0.4 is 5.32 Å². The summed E-state index contributed by atoms with van der Waals surface area (Å²) in [4.78, 5) is 12.3. The van der Waals surface area contributed by atoms with E-state index in [1.165, 1.54) is 6.08 Å². The Balaban J connectivity index is 1.70. The topological polar surface area (TPSA) is 66.0 Å². The number of furan rings is 1. The number of amides is 1. The molecule has 0 saturated heterocycles. The number of nitriles is 1. The van der Waals surface area contributed by atoms with Gasteiger partial charge in [-0.25, -0.2) is 0 Å². The summed E-state index contributed by atoms with van der Waals surface area (Å²) in [5.74, 6) is 0.372. The Labute approximate surface area is 173 Å². The second-order valence-corrected chi connectivity index (χ2v) is 6.77. The van der Waals surface area contributed by atoms with Gasteiger partial charge in [0.2, 0.25) is 0 Å². The SMILES string of the molecule is N#CC(=Cc1ccc(-c2c(Cl)cccc2Cl)o1)C(=O)NCCc1ccccc1. The van der Waals surface area contributed by atoms with Crippen molar-refractivity contribution in [2.24, 2.45) is 0 Å². The van der Waals surface area contributed by atoms with Gasteiger partial charge in [-0.15, -0.1) is 0 Å². The van der Waals surface area contributed by atoms with Crippen molar-refractivity contribution in [3.8, 4) is 17.4 Å². The molecule has 0 bridgehead atoms. The number of carbonyl (C=O) groups is 1. The number of benzene rings is 2. The molecule has 3 rings (SSSR count). The Hall–Kier alpha value is -3.00. The van der Waals surface area contributed by atoms with E-state index in [0.29, 0.717) is 40.1 Å². The van der Waals surface area contributed by atoms with Gasteiger partial charge < -0.3 is 9.73 Å². The number of hydrogen-bond donors (Lipinski definition) is 1. The normalized spacial score (nSPS) is 11.1. The third-order valence-corrected chi connectivity index (χ3v) is 4.66. The largest absolute Gasteiger partial charge is 0.457 e. The van der Waals surface area contributed by atoms with Crippen LogP contribution in [-0.4, -0.2) is 12.5 Å². The van der Waals surface area contributed by atoms with E-state index < -0.39 is 5.91 Å². The number of nitrogens with one attached hydrogen (secondary N) is 1. The van der Waals surface area contributed by atoms with Gasteiger partial charge in [0, 0.05) is 12.6 Å². The van der Waals surface area contributed by atoms with Gasteiger partial charge in [-0.05, 0) is 36.2 Å². The number of carbonyl (C=O) groups excluding carboxylic acids is 1. The maximum atomic E-state index is 12.3. The van der Waals surface area contributed by atoms with Gasteiger partial charge in [-0.1, -0.05) is 59.6 Å². The molecule has 2 aromatic carbocycles. The number of hydrogen-bond acceptors (Lipinski definition) is 3. The van der Waals surface area contributed by atoms with Gasteiger partial charge in [0.05, 0.1) is 15.6 Å². The standard InChI is InChI=1S/C22H16Cl2N2O2/c23-18-7-4-8-19(24)21(18)20-10-9-17(28-20)13-16(14-25)22(27)26-12-11-15-5-2-1-3-6-15/h1-10,13H,11-12H2,(H,26,27). The molecule has 0 saturated carbocycles. The van der Waals surface area contributed by atoms with E-state index in [1.807, 2.05) is 36.4 Å². The predicted molar refractivity (Wildman–Crippen MR) is 111 cm³/mol. The fraction of sp³-hybridized carbons (Fsp3) is 0.0909. The van der Waals surface area contributed by atoms with Crippen molar-refractivity contribution in [2.45, 2.75) is 6.42 Å². The summed E-state index contributed by atoms with van der Waals surface area (Å²) < 4.78 is 5.71. The molecule has 1 N–H and O–H groups in total. The highest BCUT2D eigenvalue weighted by atomic mass is 35.5. The predicted octanol–water partition coefficient (Wildman–Crippen LogP) is 5.52. The first-order valence-electron chi connectivity index (χ1n) is 8.56. The lowest BCUT2D eigenvalue weighted by atomic mass is 10.1. The number of nitrogens with zero attached hydrogens (tertiary/aromatic N) is 1. The van der Waals surface area contributed by atoms with Crippen LogP contribution in [0.4, 0.5) is 0 Å². The molecular weight excluding hydrogens is 395 g/mol. The second kappa shape index (κ2) is 9.27. The van der Waals surface area contributed by atoms with Gasteiger partial charge in [0.15, 0.2) is 0 Å². The van der Waals surface area contributed by atoms with Crippen LogP contribution in [-0.2, 0) is 11.2 Å². The van der Waals surface area contributed by atoms with Gasteiger partial charge >= 0.3 is 0 Å². The maximum absolute atomic E-state index is 12.3. The Morgan fingerprint density at radius 1 is 1.04 bits per heavy atom. The highest BCUT2D eigenvalue weighted by Gasteiger charge is 2.14. The van der Waals surface area contributed by atoms with Gasteiger partial charge in [-0.2, -0.15) is 5.26 Å². The summed E-state index contributed by atoms with van der Waals surface area (Å²) in [7, 11) is 0. The number of halogens is 2. The van der Waals surface area contributed by atoms with Crippen molar-refractivity contribution in [3.05, 3.63) is 87.6 Å². The van der Waals surface area contributed by atoms with Crippen LogP contribution in [0.3, 0.4) is 0 Å². The molecule has 0 radical (unpaired) electrons. The van der Waals surface area contributed by atoms with Crippen molar-refractivity contribution >= 4 is 35.2 Å². The van der Waals surface area contributed by atoms with Crippen LogP contribution in [0.2, 0.25) is 10.0 Å². The average Bonchev–Trinajstić information content (AvgIpc) is 3.15. The van der Waals surface area contributed by atoms with Crippen molar-refractivity contribution in [1.29, 1.82) is 5.26 Å². The zero-order chi connectivity index (χ0) is 19.9. The minimum absolute atomic E-state index is 0.0424. The van der Waals surface area contributed by atoms with Gasteiger partial charge in [-0.3, -0.25) is 4.79 Å². The lowest BCUT2D eigenvalue weighted by molar-refractivity contribution is -0.117. The van der Waals surface area contributed by atoms with E-state index >= 15 is 0 Å². The van der Waals surface area contributed by atoms with Crippen molar-refractivity contribution in [3.63, 3.8) is 0 Å². The Bertz CT molecular complexity index is 1030. The first kappa shape index (κ1) is 19.8. The van der Waals surface area contributed by atoms with Crippen LogP contribution in [0.5, 0.6) is 0 Å². The van der Waals surface area contributed by atoms with E-state index in [0.717, 1.165) is 5.56 Å². The Morgan fingerprint density at radius 2 is 1.75 bits per heavy atom. The molecular formula is C22H16Cl2N2O2. The Kier molecular flexibility index (Phi) is 6.54. The molecule has 0 aliphatic heterocycles.